The first-order valence-electron chi connectivity index (χ1n) is 9.45. The molecule has 0 aliphatic heterocycles. The van der Waals surface area contributed by atoms with Gasteiger partial charge in [0.1, 0.15) is 25.7 Å². The number of carboxylic acids is 1. The van der Waals surface area contributed by atoms with Gasteiger partial charge < -0.3 is 36.8 Å². The summed E-state index contributed by atoms with van der Waals surface area (Å²) in [6, 6.07) is 7.67. The van der Waals surface area contributed by atoms with Crippen LogP contribution in [0.2, 0.25) is 0 Å². The van der Waals surface area contributed by atoms with Crippen molar-refractivity contribution in [1.29, 1.82) is 0 Å². The van der Waals surface area contributed by atoms with E-state index in [1.54, 1.807) is 24.3 Å². The second kappa shape index (κ2) is 14.0. The highest BCUT2D eigenvalue weighted by atomic mass is 16.5. The van der Waals surface area contributed by atoms with Gasteiger partial charge >= 0.3 is 12.1 Å². The van der Waals surface area contributed by atoms with E-state index >= 15 is 0 Å². The number of rotatable bonds is 13. The van der Waals surface area contributed by atoms with Crippen LogP contribution in [0.5, 0.6) is 0 Å². The van der Waals surface area contributed by atoms with Crippen LogP contribution < -0.4 is 27.0 Å². The summed E-state index contributed by atoms with van der Waals surface area (Å²) in [6.45, 7) is -1.64. The van der Waals surface area contributed by atoms with Gasteiger partial charge in [0.2, 0.25) is 23.6 Å². The van der Waals surface area contributed by atoms with Crippen LogP contribution in [0, 0.1) is 0 Å². The Morgan fingerprint density at radius 2 is 1.56 bits per heavy atom. The maximum atomic E-state index is 12.0. The summed E-state index contributed by atoms with van der Waals surface area (Å²) in [5, 5.41) is 17.4. The number of carboxylic acid groups (broad SMARTS) is 1. The maximum Gasteiger partial charge on any atom is 0.407 e. The van der Waals surface area contributed by atoms with E-state index in [0.717, 1.165) is 5.56 Å². The summed E-state index contributed by atoms with van der Waals surface area (Å²) in [5.74, 6) is -4.30. The van der Waals surface area contributed by atoms with Gasteiger partial charge in [0.25, 0.3) is 0 Å². The fraction of sp³-hybridized carbons (Fsp3) is 0.368. The first kappa shape index (κ1) is 25.9. The largest absolute Gasteiger partial charge is 0.480 e. The molecule has 0 saturated carbocycles. The number of aliphatic carboxylic acids is 1. The minimum absolute atomic E-state index is 0.0212. The molecule has 0 spiro atoms. The van der Waals surface area contributed by atoms with Crippen LogP contribution in [0.3, 0.4) is 0 Å². The molecule has 5 amide bonds. The second-order valence-electron chi connectivity index (χ2n) is 6.43. The number of hydrogen-bond donors (Lipinski definition) is 6. The predicted molar refractivity (Wildman–Crippen MR) is 109 cm³/mol. The van der Waals surface area contributed by atoms with Crippen LogP contribution in [0.25, 0.3) is 0 Å². The van der Waals surface area contributed by atoms with Gasteiger partial charge in [0, 0.05) is 6.42 Å². The molecule has 1 aromatic carbocycles. The normalized spacial score (nSPS) is 10.9. The highest BCUT2D eigenvalue weighted by Gasteiger charge is 2.22. The molecule has 0 aliphatic rings. The van der Waals surface area contributed by atoms with Crippen molar-refractivity contribution in [1.82, 2.24) is 21.3 Å². The fourth-order valence-electron chi connectivity index (χ4n) is 2.25. The minimum atomic E-state index is -1.29. The molecule has 1 atom stereocenters. The molecular formula is C19H25N5O8. The van der Waals surface area contributed by atoms with E-state index in [9.17, 15) is 28.8 Å². The number of benzene rings is 1. The smallest absolute Gasteiger partial charge is 0.407 e. The monoisotopic (exact) mass is 451 g/mol. The van der Waals surface area contributed by atoms with Crippen molar-refractivity contribution < 1.29 is 38.6 Å². The Balaban J connectivity index is 2.37. The predicted octanol–water partition coefficient (Wildman–Crippen LogP) is -2.02. The fourth-order valence-corrected chi connectivity index (χ4v) is 2.25. The van der Waals surface area contributed by atoms with Gasteiger partial charge in [-0.1, -0.05) is 30.3 Å². The highest BCUT2D eigenvalue weighted by molar-refractivity contribution is 5.92. The van der Waals surface area contributed by atoms with Crippen molar-refractivity contribution in [3.63, 3.8) is 0 Å². The standard InChI is InChI=1S/C19H25N5O8/c20-14(25)7-6-13(18(30)22-10-17(28)29)24-16(27)9-21-15(26)8-23-19(31)32-11-12-4-2-1-3-5-12/h1-5,13H,6-11H2,(H2,20,25)(H,21,26)(H,22,30)(H,23,31)(H,24,27)(H,28,29). The molecule has 174 valence electrons. The van der Waals surface area contributed by atoms with Crippen LogP contribution in [0.4, 0.5) is 4.79 Å². The number of primary amides is 1. The van der Waals surface area contributed by atoms with E-state index in [2.05, 4.69) is 21.3 Å². The molecule has 1 aromatic rings. The molecule has 7 N–H and O–H groups in total. The molecule has 13 nitrogen and oxygen atoms in total. The van der Waals surface area contributed by atoms with E-state index in [1.165, 1.54) is 0 Å². The highest BCUT2D eigenvalue weighted by Crippen LogP contribution is 2.00. The lowest BCUT2D eigenvalue weighted by Gasteiger charge is -2.17. The number of amides is 5. The summed E-state index contributed by atoms with van der Waals surface area (Å²) in [4.78, 5) is 68.8. The Bertz CT molecular complexity index is 830. The first-order chi connectivity index (χ1) is 15.2. The topological polar surface area (TPSA) is 206 Å². The van der Waals surface area contributed by atoms with Gasteiger partial charge in [0.05, 0.1) is 6.54 Å². The number of ether oxygens (including phenoxy) is 1. The SMILES string of the molecule is NC(=O)CCC(NC(=O)CNC(=O)CNC(=O)OCc1ccccc1)C(=O)NCC(=O)O. The molecule has 13 heteroatoms. The summed E-state index contributed by atoms with van der Waals surface area (Å²) in [7, 11) is 0. The van der Waals surface area contributed by atoms with E-state index in [4.69, 9.17) is 15.6 Å². The average molecular weight is 451 g/mol. The molecule has 0 bridgehead atoms. The molecular weight excluding hydrogens is 426 g/mol. The Labute approximate surface area is 183 Å². The second-order valence-corrected chi connectivity index (χ2v) is 6.43. The minimum Gasteiger partial charge on any atom is -0.480 e. The van der Waals surface area contributed by atoms with Crippen LogP contribution in [-0.4, -0.2) is 66.5 Å². The van der Waals surface area contributed by atoms with Crippen LogP contribution in [0.1, 0.15) is 18.4 Å². The number of nitrogens with two attached hydrogens (primary N) is 1. The zero-order valence-corrected chi connectivity index (χ0v) is 17.1. The van der Waals surface area contributed by atoms with Gasteiger partial charge in [-0.2, -0.15) is 0 Å². The Kier molecular flexibility index (Phi) is 11.3. The summed E-state index contributed by atoms with van der Waals surface area (Å²) in [5.41, 5.74) is 5.79. The summed E-state index contributed by atoms with van der Waals surface area (Å²) < 4.78 is 4.94. The van der Waals surface area contributed by atoms with E-state index in [-0.39, 0.29) is 19.4 Å². The molecule has 0 aromatic heterocycles. The Morgan fingerprint density at radius 1 is 0.906 bits per heavy atom. The van der Waals surface area contributed by atoms with E-state index in [0.29, 0.717) is 0 Å². The van der Waals surface area contributed by atoms with E-state index in [1.807, 2.05) is 6.07 Å². The van der Waals surface area contributed by atoms with Crippen molar-refractivity contribution >= 4 is 35.7 Å². The lowest BCUT2D eigenvalue weighted by Crippen LogP contribution is -2.51. The third-order valence-electron chi connectivity index (χ3n) is 3.80. The van der Waals surface area contributed by atoms with Gasteiger partial charge in [-0.3, -0.25) is 24.0 Å². The number of carbonyl (C=O) groups excluding carboxylic acids is 5. The molecule has 1 rings (SSSR count). The molecule has 0 heterocycles. The number of nitrogens with one attached hydrogen (secondary N) is 4. The lowest BCUT2D eigenvalue weighted by molar-refractivity contribution is -0.138. The van der Waals surface area contributed by atoms with Gasteiger partial charge in [-0.05, 0) is 12.0 Å². The van der Waals surface area contributed by atoms with Crippen molar-refractivity contribution in [3.8, 4) is 0 Å². The summed E-state index contributed by atoms with van der Waals surface area (Å²) >= 11 is 0. The molecule has 0 fully saturated rings. The Hall–Kier alpha value is -4.16. The third-order valence-corrected chi connectivity index (χ3v) is 3.80. The number of alkyl carbamates (subject to hydrolysis) is 1. The lowest BCUT2D eigenvalue weighted by atomic mass is 10.1. The molecule has 0 radical (unpaired) electrons. The summed E-state index contributed by atoms with van der Waals surface area (Å²) in [6.07, 6.45) is -1.21. The van der Waals surface area contributed by atoms with Gasteiger partial charge in [-0.25, -0.2) is 4.79 Å². The zero-order valence-electron chi connectivity index (χ0n) is 17.1. The van der Waals surface area contributed by atoms with Gasteiger partial charge in [0.15, 0.2) is 0 Å². The van der Waals surface area contributed by atoms with Crippen molar-refractivity contribution in [2.75, 3.05) is 19.6 Å². The number of hydrogen-bond acceptors (Lipinski definition) is 7. The Morgan fingerprint density at radius 3 is 2.19 bits per heavy atom. The van der Waals surface area contributed by atoms with Crippen LogP contribution in [-0.2, 0) is 35.3 Å². The third kappa shape index (κ3) is 11.7. The number of carbonyl (C=O) groups is 6. The van der Waals surface area contributed by atoms with Crippen LogP contribution in [0.15, 0.2) is 30.3 Å². The average Bonchev–Trinajstić information content (AvgIpc) is 2.76. The molecule has 0 aliphatic carbocycles. The molecule has 1 unspecified atom stereocenters. The van der Waals surface area contributed by atoms with Crippen molar-refractivity contribution in [2.45, 2.75) is 25.5 Å². The molecule has 32 heavy (non-hydrogen) atoms. The van der Waals surface area contributed by atoms with E-state index < -0.39 is 61.4 Å². The van der Waals surface area contributed by atoms with Crippen molar-refractivity contribution in [3.05, 3.63) is 35.9 Å². The first-order valence-corrected chi connectivity index (χ1v) is 9.45. The quantitative estimate of drug-likeness (QED) is 0.197. The maximum absolute atomic E-state index is 12.0. The van der Waals surface area contributed by atoms with Crippen LogP contribution >= 0.6 is 0 Å². The van der Waals surface area contributed by atoms with Crippen molar-refractivity contribution in [2.24, 2.45) is 5.73 Å². The van der Waals surface area contributed by atoms with Gasteiger partial charge in [-0.15, -0.1) is 0 Å². The molecule has 0 saturated heterocycles. The zero-order chi connectivity index (χ0) is 23.9.